The average Bonchev–Trinajstić information content (AvgIpc) is 3.77. The van der Waals surface area contributed by atoms with Gasteiger partial charge >= 0.3 is 6.09 Å². The number of fused-ring (bicyclic) bond motifs is 4. The van der Waals surface area contributed by atoms with E-state index in [4.69, 9.17) is 19.2 Å². The predicted molar refractivity (Wildman–Crippen MR) is 164 cm³/mol. The minimum atomic E-state index is -0.798. The van der Waals surface area contributed by atoms with E-state index in [1.807, 2.05) is 0 Å². The highest BCUT2D eigenvalue weighted by Gasteiger charge is 2.33. The lowest BCUT2D eigenvalue weighted by atomic mass is 9.94. The van der Waals surface area contributed by atoms with Crippen molar-refractivity contribution in [3.8, 4) is 17.3 Å². The average molecular weight is 636 g/mol. The third-order valence-corrected chi connectivity index (χ3v) is 9.44. The zero-order valence-electron chi connectivity index (χ0n) is 25.1. The summed E-state index contributed by atoms with van der Waals surface area (Å²) in [5, 5.41) is 13.5. The summed E-state index contributed by atoms with van der Waals surface area (Å²) in [6.07, 6.45) is 2.79. The maximum absolute atomic E-state index is 16.8. The Hall–Kier alpha value is -4.03. The summed E-state index contributed by atoms with van der Waals surface area (Å²) in [6.45, 7) is 10.1. The van der Waals surface area contributed by atoms with Gasteiger partial charge in [-0.15, -0.1) is 11.3 Å². The Labute approximate surface area is 261 Å². The number of pyridine rings is 1. The van der Waals surface area contributed by atoms with Crippen LogP contribution in [0.25, 0.3) is 32.2 Å². The highest BCUT2D eigenvalue weighted by Crippen LogP contribution is 2.46. The Kier molecular flexibility index (Phi) is 7.52. The molecule has 7 rings (SSSR count). The Morgan fingerprint density at radius 2 is 1.91 bits per heavy atom. The normalized spacial score (nSPS) is 18.8. The van der Waals surface area contributed by atoms with Gasteiger partial charge in [-0.25, -0.2) is 23.5 Å². The number of anilines is 2. The molecule has 234 valence electrons. The van der Waals surface area contributed by atoms with Gasteiger partial charge in [0.25, 0.3) is 0 Å². The van der Waals surface area contributed by atoms with Gasteiger partial charge in [0.1, 0.15) is 22.2 Å². The van der Waals surface area contributed by atoms with E-state index in [0.29, 0.717) is 36.2 Å². The molecule has 0 spiro atoms. The molecule has 45 heavy (non-hydrogen) atoms. The number of nitriles is 1. The van der Waals surface area contributed by atoms with E-state index >= 15 is 8.78 Å². The van der Waals surface area contributed by atoms with Crippen molar-refractivity contribution in [2.24, 2.45) is 0 Å². The van der Waals surface area contributed by atoms with Gasteiger partial charge in [0, 0.05) is 54.8 Å². The van der Waals surface area contributed by atoms with Crippen LogP contribution in [-0.4, -0.2) is 77.0 Å². The number of halogens is 2. The molecule has 4 aromatic rings. The number of aromatic nitrogens is 3. The van der Waals surface area contributed by atoms with Gasteiger partial charge in [0.2, 0.25) is 5.95 Å². The van der Waals surface area contributed by atoms with E-state index in [-0.39, 0.29) is 50.6 Å². The lowest BCUT2D eigenvalue weighted by molar-refractivity contribution is 0.0209. The fraction of sp³-hybridized carbons (Fsp3) is 0.452. The number of rotatable bonds is 4. The number of nitrogens with zero attached hydrogens (tertiary/aromatic N) is 6. The molecule has 6 heterocycles. The molecule has 2 fully saturated rings. The number of benzene rings is 1. The van der Waals surface area contributed by atoms with Gasteiger partial charge in [-0.2, -0.15) is 5.26 Å². The van der Waals surface area contributed by atoms with Crippen LogP contribution in [-0.2, 0) is 27.4 Å². The molecule has 0 aliphatic carbocycles. The van der Waals surface area contributed by atoms with Gasteiger partial charge in [0.05, 0.1) is 48.6 Å². The van der Waals surface area contributed by atoms with Crippen molar-refractivity contribution in [3.05, 3.63) is 40.7 Å². The highest BCUT2D eigenvalue weighted by atomic mass is 32.1. The minimum Gasteiger partial charge on any atom is -0.444 e. The van der Waals surface area contributed by atoms with E-state index < -0.39 is 23.3 Å². The first kappa shape index (κ1) is 29.7. The molecule has 2 saturated heterocycles. The first-order valence-electron chi connectivity index (χ1n) is 14.8. The van der Waals surface area contributed by atoms with Crippen molar-refractivity contribution in [2.45, 2.75) is 52.0 Å². The summed E-state index contributed by atoms with van der Waals surface area (Å²) in [5.41, 5.74) is 0.711. The number of hydrogen-bond acceptors (Lipinski definition) is 11. The second-order valence-corrected chi connectivity index (χ2v) is 13.3. The monoisotopic (exact) mass is 635 g/mol. The number of thiophene rings is 1. The van der Waals surface area contributed by atoms with E-state index in [0.717, 1.165) is 55.7 Å². The lowest BCUT2D eigenvalue weighted by Gasteiger charge is -2.32. The van der Waals surface area contributed by atoms with E-state index in [9.17, 15) is 10.1 Å². The number of hydrogen-bond donors (Lipinski definition) is 1. The third-order valence-electron chi connectivity index (χ3n) is 8.33. The topological polar surface area (TPSA) is 126 Å². The second kappa shape index (κ2) is 11.4. The number of morpholine rings is 1. The van der Waals surface area contributed by atoms with Crippen LogP contribution in [0.15, 0.2) is 12.4 Å². The molecule has 3 aromatic heterocycles. The van der Waals surface area contributed by atoms with Gasteiger partial charge in [-0.3, -0.25) is 15.2 Å². The summed E-state index contributed by atoms with van der Waals surface area (Å²) in [5.74, 6) is -0.926. The number of ether oxygens (including phenoxy) is 3. The number of nitrogens with one attached hydrogen (secondary N) is 1. The Balaban J connectivity index is 1.33. The Morgan fingerprint density at radius 3 is 2.67 bits per heavy atom. The van der Waals surface area contributed by atoms with Gasteiger partial charge < -0.3 is 19.1 Å². The molecule has 14 heteroatoms. The van der Waals surface area contributed by atoms with E-state index in [1.165, 1.54) is 0 Å². The fourth-order valence-corrected chi connectivity index (χ4v) is 7.36. The van der Waals surface area contributed by atoms with E-state index in [1.54, 1.807) is 27.0 Å². The molecular formula is C31H31F2N7O4S. The largest absolute Gasteiger partial charge is 0.444 e. The molecular weight excluding hydrogens is 604 g/mol. The quantitative estimate of drug-likeness (QED) is 0.314. The first-order chi connectivity index (χ1) is 21.6. The zero-order chi connectivity index (χ0) is 31.5. The van der Waals surface area contributed by atoms with Crippen molar-refractivity contribution < 1.29 is 27.8 Å². The molecule has 1 atom stereocenters. The van der Waals surface area contributed by atoms with Crippen molar-refractivity contribution in [2.75, 3.05) is 49.6 Å². The molecule has 3 aliphatic rings. The standard InChI is InChI=1S/C31H31F2N7O4S/c1-31(2,3)44-30(41)38-28-17(10-34)23-26(35-12-21(32)27(23)45-28)22-20-15-43-14-19(20)18-11-36-29(37-25(18)24(22)33)40-5-4-16(13-40)39-6-8-42-9-7-39/h11-12,16H,4-9,13-15H2,1-3H3,(H,38,41). The highest BCUT2D eigenvalue weighted by molar-refractivity contribution is 7.23. The molecule has 1 aromatic carbocycles. The van der Waals surface area contributed by atoms with Crippen LogP contribution in [0.4, 0.5) is 24.5 Å². The number of amides is 1. The lowest BCUT2D eigenvalue weighted by Crippen LogP contribution is -2.44. The summed E-state index contributed by atoms with van der Waals surface area (Å²) < 4.78 is 48.7. The van der Waals surface area contributed by atoms with Gasteiger partial charge in [-0.05, 0) is 38.3 Å². The van der Waals surface area contributed by atoms with Crippen LogP contribution in [0.1, 0.15) is 43.9 Å². The molecule has 11 nitrogen and oxygen atoms in total. The van der Waals surface area contributed by atoms with Crippen molar-refractivity contribution in [3.63, 3.8) is 0 Å². The third kappa shape index (κ3) is 5.33. The maximum atomic E-state index is 16.8. The smallest absolute Gasteiger partial charge is 0.412 e. The van der Waals surface area contributed by atoms with Crippen LogP contribution < -0.4 is 10.2 Å². The fourth-order valence-electron chi connectivity index (χ4n) is 6.32. The Morgan fingerprint density at radius 1 is 1.13 bits per heavy atom. The van der Waals surface area contributed by atoms with Crippen LogP contribution in [0.3, 0.4) is 0 Å². The summed E-state index contributed by atoms with van der Waals surface area (Å²) >= 11 is 0.865. The molecule has 0 saturated carbocycles. The van der Waals surface area contributed by atoms with Crippen molar-refractivity contribution >= 4 is 49.4 Å². The van der Waals surface area contributed by atoms with Gasteiger partial charge in [0.15, 0.2) is 11.6 Å². The van der Waals surface area contributed by atoms with Crippen LogP contribution >= 0.6 is 11.3 Å². The Bertz CT molecular complexity index is 1880. The molecule has 1 unspecified atom stereocenters. The minimum absolute atomic E-state index is 0.0374. The summed E-state index contributed by atoms with van der Waals surface area (Å²) in [4.78, 5) is 30.7. The molecule has 3 aliphatic heterocycles. The maximum Gasteiger partial charge on any atom is 0.412 e. The molecule has 0 radical (unpaired) electrons. The molecule has 0 bridgehead atoms. The predicted octanol–water partition coefficient (Wildman–Crippen LogP) is 5.34. The summed E-state index contributed by atoms with van der Waals surface area (Å²) in [6, 6.07) is 2.40. The number of carbonyl (C=O) groups excluding carboxylic acids is 1. The molecule has 1 N–H and O–H groups in total. The van der Waals surface area contributed by atoms with Crippen LogP contribution in [0, 0.1) is 23.0 Å². The molecule has 1 amide bonds. The number of carbonyl (C=O) groups is 1. The van der Waals surface area contributed by atoms with Crippen molar-refractivity contribution in [1.82, 2.24) is 19.9 Å². The van der Waals surface area contributed by atoms with Crippen LogP contribution in [0.2, 0.25) is 0 Å². The van der Waals surface area contributed by atoms with Gasteiger partial charge in [-0.1, -0.05) is 0 Å². The van der Waals surface area contributed by atoms with Crippen molar-refractivity contribution in [1.29, 1.82) is 5.26 Å². The SMILES string of the molecule is CC(C)(C)OC(=O)Nc1sc2c(F)cnc(-c3c4c(c5cnc(N6CCC(N7CCOCC7)C6)nc5c3F)COC4)c2c1C#N. The summed E-state index contributed by atoms with van der Waals surface area (Å²) in [7, 11) is 0. The van der Waals surface area contributed by atoms with E-state index in [2.05, 4.69) is 31.2 Å². The van der Waals surface area contributed by atoms with Crippen LogP contribution in [0.5, 0.6) is 0 Å². The first-order valence-corrected chi connectivity index (χ1v) is 15.6. The second-order valence-electron chi connectivity index (χ2n) is 12.3. The zero-order valence-corrected chi connectivity index (χ0v) is 25.9.